The molecule has 0 fully saturated rings. The maximum absolute atomic E-state index is 11.8. The molecule has 1 aromatic rings. The van der Waals surface area contributed by atoms with Gasteiger partial charge in [0.2, 0.25) is 0 Å². The predicted octanol–water partition coefficient (Wildman–Crippen LogP) is 0.255. The van der Waals surface area contributed by atoms with E-state index in [-0.39, 0.29) is 18.2 Å². The molecule has 0 radical (unpaired) electrons. The molecule has 0 unspecified atom stereocenters. The van der Waals surface area contributed by atoms with Gasteiger partial charge in [-0.15, -0.1) is 0 Å². The fourth-order valence-corrected chi connectivity index (χ4v) is 1.28. The van der Waals surface area contributed by atoms with E-state index in [1.807, 2.05) is 0 Å². The monoisotopic (exact) mass is 224 g/mol. The van der Waals surface area contributed by atoms with E-state index in [4.69, 9.17) is 0 Å². The summed E-state index contributed by atoms with van der Waals surface area (Å²) in [7, 11) is 0. The number of ketones is 1. The Morgan fingerprint density at radius 1 is 1.38 bits per heavy atom. The molecule has 88 valence electrons. The Hall–Kier alpha value is -1.65. The smallest absolute Gasteiger partial charge is 0.301 e. The molecule has 0 saturated carbocycles. The fourth-order valence-electron chi connectivity index (χ4n) is 1.28. The molecule has 0 aromatic carbocycles. The first-order valence-corrected chi connectivity index (χ1v) is 5.30. The van der Waals surface area contributed by atoms with Gasteiger partial charge in [0.05, 0.1) is 6.54 Å². The van der Waals surface area contributed by atoms with Crippen molar-refractivity contribution in [2.45, 2.75) is 33.9 Å². The number of carbonyl (C=O) groups is 1. The van der Waals surface area contributed by atoms with Gasteiger partial charge in [0.15, 0.2) is 5.78 Å². The highest BCUT2D eigenvalue weighted by Gasteiger charge is 2.12. The molecule has 5 nitrogen and oxygen atoms in total. The van der Waals surface area contributed by atoms with E-state index < -0.39 is 11.2 Å². The molecule has 1 rings (SSSR count). The lowest BCUT2D eigenvalue weighted by Gasteiger charge is -2.08. The van der Waals surface area contributed by atoms with Crippen molar-refractivity contribution in [3.8, 4) is 0 Å². The van der Waals surface area contributed by atoms with Crippen LogP contribution in [0.15, 0.2) is 21.9 Å². The first kappa shape index (κ1) is 12.4. The highest BCUT2D eigenvalue weighted by atomic mass is 16.2. The minimum absolute atomic E-state index is 0.118. The van der Waals surface area contributed by atoms with Crippen molar-refractivity contribution in [1.82, 2.24) is 9.13 Å². The van der Waals surface area contributed by atoms with Gasteiger partial charge in [-0.3, -0.25) is 14.2 Å². The minimum atomic E-state index is -0.427. The molecule has 1 heterocycles. The number of aryl methyl sites for hydroxylation is 1. The average molecular weight is 224 g/mol. The molecule has 0 N–H and O–H groups in total. The summed E-state index contributed by atoms with van der Waals surface area (Å²) in [5.41, 5.74) is -0.854. The lowest BCUT2D eigenvalue weighted by Crippen LogP contribution is -2.41. The van der Waals surface area contributed by atoms with Crippen LogP contribution in [0.2, 0.25) is 0 Å². The standard InChI is InChI=1S/C11H16N2O3/c1-4-12-6-5-10(15)13(11(12)16)7-9(14)8(2)3/h5-6,8H,4,7H2,1-3H3. The Morgan fingerprint density at radius 3 is 2.50 bits per heavy atom. The molecule has 0 atom stereocenters. The first-order chi connectivity index (χ1) is 7.47. The van der Waals surface area contributed by atoms with Crippen LogP contribution in [0.3, 0.4) is 0 Å². The summed E-state index contributed by atoms with van der Waals surface area (Å²) in [5.74, 6) is -0.297. The van der Waals surface area contributed by atoms with Crippen molar-refractivity contribution in [3.05, 3.63) is 33.1 Å². The zero-order valence-corrected chi connectivity index (χ0v) is 9.77. The maximum atomic E-state index is 11.8. The van der Waals surface area contributed by atoms with Crippen LogP contribution in [0.4, 0.5) is 0 Å². The number of rotatable bonds is 4. The third-order valence-electron chi connectivity index (χ3n) is 2.44. The molecular formula is C11H16N2O3. The summed E-state index contributed by atoms with van der Waals surface area (Å²) >= 11 is 0. The van der Waals surface area contributed by atoms with Crippen LogP contribution >= 0.6 is 0 Å². The molecule has 16 heavy (non-hydrogen) atoms. The topological polar surface area (TPSA) is 61.1 Å². The van der Waals surface area contributed by atoms with Crippen molar-refractivity contribution >= 4 is 5.78 Å². The largest absolute Gasteiger partial charge is 0.331 e. The van der Waals surface area contributed by atoms with Crippen LogP contribution in [-0.4, -0.2) is 14.9 Å². The summed E-state index contributed by atoms with van der Waals surface area (Å²) in [5, 5.41) is 0. The summed E-state index contributed by atoms with van der Waals surface area (Å²) in [6.07, 6.45) is 1.45. The Balaban J connectivity index is 3.18. The molecule has 0 spiro atoms. The normalized spacial score (nSPS) is 10.8. The van der Waals surface area contributed by atoms with Crippen LogP contribution in [0, 0.1) is 5.92 Å². The van der Waals surface area contributed by atoms with Crippen molar-refractivity contribution in [2.75, 3.05) is 0 Å². The van der Waals surface area contributed by atoms with E-state index in [0.717, 1.165) is 4.57 Å². The van der Waals surface area contributed by atoms with Gasteiger partial charge < -0.3 is 4.57 Å². The fraction of sp³-hybridized carbons (Fsp3) is 0.545. The lowest BCUT2D eigenvalue weighted by molar-refractivity contribution is -0.122. The van der Waals surface area contributed by atoms with E-state index in [9.17, 15) is 14.4 Å². The number of hydrogen-bond donors (Lipinski definition) is 0. The summed E-state index contributed by atoms with van der Waals surface area (Å²) in [4.78, 5) is 34.7. The zero-order chi connectivity index (χ0) is 12.3. The second-order valence-corrected chi connectivity index (χ2v) is 3.93. The highest BCUT2D eigenvalue weighted by Crippen LogP contribution is 1.94. The van der Waals surface area contributed by atoms with E-state index >= 15 is 0 Å². The van der Waals surface area contributed by atoms with Gasteiger partial charge in [-0.25, -0.2) is 4.79 Å². The molecule has 0 aliphatic rings. The van der Waals surface area contributed by atoms with Gasteiger partial charge >= 0.3 is 5.69 Å². The Bertz CT molecular complexity index is 497. The van der Waals surface area contributed by atoms with Crippen LogP contribution in [-0.2, 0) is 17.9 Å². The molecular weight excluding hydrogens is 208 g/mol. The molecule has 0 saturated heterocycles. The van der Waals surface area contributed by atoms with Crippen molar-refractivity contribution in [3.63, 3.8) is 0 Å². The second kappa shape index (κ2) is 4.92. The summed E-state index contributed by atoms with van der Waals surface area (Å²) in [6, 6.07) is 1.30. The summed E-state index contributed by atoms with van der Waals surface area (Å²) in [6.45, 7) is 5.63. The van der Waals surface area contributed by atoms with E-state index in [1.165, 1.54) is 16.8 Å². The number of Topliss-reactive ketones (excluding diaryl/α,β-unsaturated/α-hetero) is 1. The second-order valence-electron chi connectivity index (χ2n) is 3.93. The van der Waals surface area contributed by atoms with Crippen molar-refractivity contribution < 1.29 is 4.79 Å². The molecule has 1 aromatic heterocycles. The van der Waals surface area contributed by atoms with Gasteiger partial charge in [0.1, 0.15) is 0 Å². The molecule has 5 heteroatoms. The molecule has 0 aliphatic heterocycles. The van der Waals surface area contributed by atoms with Gasteiger partial charge in [0.25, 0.3) is 5.56 Å². The number of nitrogens with zero attached hydrogens (tertiary/aromatic N) is 2. The first-order valence-electron chi connectivity index (χ1n) is 5.30. The highest BCUT2D eigenvalue weighted by molar-refractivity contribution is 5.80. The van der Waals surface area contributed by atoms with Gasteiger partial charge in [0, 0.05) is 24.7 Å². The van der Waals surface area contributed by atoms with Gasteiger partial charge in [-0.2, -0.15) is 0 Å². The third-order valence-corrected chi connectivity index (χ3v) is 2.44. The van der Waals surface area contributed by atoms with E-state index in [1.54, 1.807) is 20.8 Å². The number of aromatic nitrogens is 2. The number of hydrogen-bond acceptors (Lipinski definition) is 3. The van der Waals surface area contributed by atoms with Crippen molar-refractivity contribution in [2.24, 2.45) is 5.92 Å². The average Bonchev–Trinajstić information content (AvgIpc) is 2.24. The Kier molecular flexibility index (Phi) is 3.82. The SMILES string of the molecule is CCn1ccc(=O)n(CC(=O)C(C)C)c1=O. The Labute approximate surface area is 93.3 Å². The van der Waals surface area contributed by atoms with E-state index in [2.05, 4.69) is 0 Å². The van der Waals surface area contributed by atoms with Crippen LogP contribution in [0.25, 0.3) is 0 Å². The summed E-state index contributed by atoms with van der Waals surface area (Å²) < 4.78 is 2.38. The number of carbonyl (C=O) groups excluding carboxylic acids is 1. The molecule has 0 bridgehead atoms. The zero-order valence-electron chi connectivity index (χ0n) is 9.77. The Morgan fingerprint density at radius 2 is 2.00 bits per heavy atom. The molecule has 0 amide bonds. The van der Waals surface area contributed by atoms with Gasteiger partial charge in [-0.1, -0.05) is 13.8 Å². The minimum Gasteiger partial charge on any atom is -0.301 e. The molecule has 0 aliphatic carbocycles. The van der Waals surface area contributed by atoms with Crippen LogP contribution in [0.5, 0.6) is 0 Å². The van der Waals surface area contributed by atoms with E-state index in [0.29, 0.717) is 6.54 Å². The quantitative estimate of drug-likeness (QED) is 0.736. The third kappa shape index (κ3) is 2.48. The van der Waals surface area contributed by atoms with Crippen LogP contribution < -0.4 is 11.2 Å². The van der Waals surface area contributed by atoms with Crippen molar-refractivity contribution in [1.29, 1.82) is 0 Å². The maximum Gasteiger partial charge on any atom is 0.331 e. The lowest BCUT2D eigenvalue weighted by atomic mass is 10.1. The predicted molar refractivity (Wildman–Crippen MR) is 60.5 cm³/mol. The van der Waals surface area contributed by atoms with Crippen LogP contribution in [0.1, 0.15) is 20.8 Å². The van der Waals surface area contributed by atoms with Gasteiger partial charge in [-0.05, 0) is 6.92 Å².